The van der Waals surface area contributed by atoms with Gasteiger partial charge in [-0.25, -0.2) is 0 Å². The molecule has 0 aromatic heterocycles. The van der Waals surface area contributed by atoms with E-state index in [4.69, 9.17) is 0 Å². The number of nitrogens with zero attached hydrogens (tertiary/aromatic N) is 1. The predicted octanol–water partition coefficient (Wildman–Crippen LogP) is 2.60. The first-order valence-corrected chi connectivity index (χ1v) is 6.43. The molecule has 0 saturated carbocycles. The quantitative estimate of drug-likeness (QED) is 0.892. The SMILES string of the molecule is Cc1ccc(C)c(CN2CCC(C)(C(=O)O)C2)c1. The fourth-order valence-electron chi connectivity index (χ4n) is 2.58. The van der Waals surface area contributed by atoms with Crippen molar-refractivity contribution in [1.82, 2.24) is 4.90 Å². The van der Waals surface area contributed by atoms with Crippen LogP contribution in [0, 0.1) is 19.3 Å². The predicted molar refractivity (Wildman–Crippen MR) is 71.6 cm³/mol. The Balaban J connectivity index is 2.08. The van der Waals surface area contributed by atoms with E-state index >= 15 is 0 Å². The van der Waals surface area contributed by atoms with E-state index in [1.165, 1.54) is 16.7 Å². The van der Waals surface area contributed by atoms with Gasteiger partial charge in [-0.3, -0.25) is 9.69 Å². The number of hydrogen-bond acceptors (Lipinski definition) is 2. The van der Waals surface area contributed by atoms with Crippen LogP contribution in [0.15, 0.2) is 18.2 Å². The van der Waals surface area contributed by atoms with Gasteiger partial charge < -0.3 is 5.11 Å². The molecule has 18 heavy (non-hydrogen) atoms. The zero-order valence-electron chi connectivity index (χ0n) is 11.4. The zero-order chi connectivity index (χ0) is 13.3. The maximum atomic E-state index is 11.2. The molecule has 1 fully saturated rings. The van der Waals surface area contributed by atoms with Crippen molar-refractivity contribution < 1.29 is 9.90 Å². The molecule has 3 nitrogen and oxygen atoms in total. The highest BCUT2D eigenvalue weighted by Gasteiger charge is 2.40. The molecule has 0 amide bonds. The first-order chi connectivity index (χ1) is 8.40. The molecule has 1 aromatic carbocycles. The molecule has 1 heterocycles. The van der Waals surface area contributed by atoms with Crippen LogP contribution >= 0.6 is 0 Å². The van der Waals surface area contributed by atoms with E-state index in [0.29, 0.717) is 6.54 Å². The summed E-state index contributed by atoms with van der Waals surface area (Å²) in [6, 6.07) is 6.45. The van der Waals surface area contributed by atoms with Gasteiger partial charge in [0.05, 0.1) is 5.41 Å². The second-order valence-corrected chi connectivity index (χ2v) is 5.76. The third kappa shape index (κ3) is 2.56. The Morgan fingerprint density at radius 2 is 2.17 bits per heavy atom. The lowest BCUT2D eigenvalue weighted by Gasteiger charge is -2.21. The molecular formula is C15H21NO2. The first-order valence-electron chi connectivity index (χ1n) is 6.43. The summed E-state index contributed by atoms with van der Waals surface area (Å²) in [5.41, 5.74) is 3.28. The van der Waals surface area contributed by atoms with Gasteiger partial charge in [0, 0.05) is 13.1 Å². The van der Waals surface area contributed by atoms with Crippen molar-refractivity contribution in [1.29, 1.82) is 0 Å². The molecule has 1 aliphatic heterocycles. The molecule has 1 unspecified atom stereocenters. The molecule has 0 spiro atoms. The summed E-state index contributed by atoms with van der Waals surface area (Å²) in [7, 11) is 0. The molecule has 0 aliphatic carbocycles. The number of benzene rings is 1. The molecule has 0 radical (unpaired) electrons. The lowest BCUT2D eigenvalue weighted by Crippen LogP contribution is -2.31. The number of carboxylic acids is 1. The Morgan fingerprint density at radius 3 is 2.78 bits per heavy atom. The number of hydrogen-bond donors (Lipinski definition) is 1. The Kier molecular flexibility index (Phi) is 3.44. The van der Waals surface area contributed by atoms with Crippen LogP contribution in [0.4, 0.5) is 0 Å². The summed E-state index contributed by atoms with van der Waals surface area (Å²) in [6.45, 7) is 8.43. The van der Waals surface area contributed by atoms with Crippen molar-refractivity contribution in [3.05, 3.63) is 34.9 Å². The van der Waals surface area contributed by atoms with E-state index in [9.17, 15) is 9.90 Å². The van der Waals surface area contributed by atoms with Crippen LogP contribution in [0.1, 0.15) is 30.0 Å². The van der Waals surface area contributed by atoms with Gasteiger partial charge in [-0.15, -0.1) is 0 Å². The maximum absolute atomic E-state index is 11.2. The summed E-state index contributed by atoms with van der Waals surface area (Å²) in [6.07, 6.45) is 0.743. The highest BCUT2D eigenvalue weighted by atomic mass is 16.4. The van der Waals surface area contributed by atoms with Gasteiger partial charge in [0.25, 0.3) is 0 Å². The van der Waals surface area contributed by atoms with E-state index in [1.54, 1.807) is 0 Å². The van der Waals surface area contributed by atoms with Gasteiger partial charge in [-0.1, -0.05) is 23.8 Å². The van der Waals surface area contributed by atoms with Crippen LogP contribution in [0.2, 0.25) is 0 Å². The monoisotopic (exact) mass is 247 g/mol. The summed E-state index contributed by atoms with van der Waals surface area (Å²) >= 11 is 0. The lowest BCUT2D eigenvalue weighted by molar-refractivity contribution is -0.147. The fourth-order valence-corrected chi connectivity index (χ4v) is 2.58. The Morgan fingerprint density at radius 1 is 1.44 bits per heavy atom. The third-order valence-electron chi connectivity index (χ3n) is 3.97. The average Bonchev–Trinajstić information content (AvgIpc) is 2.67. The smallest absolute Gasteiger partial charge is 0.310 e. The Hall–Kier alpha value is -1.35. The molecule has 1 saturated heterocycles. The minimum absolute atomic E-state index is 0.572. The van der Waals surface area contributed by atoms with Crippen LogP contribution in [0.5, 0.6) is 0 Å². The van der Waals surface area contributed by atoms with E-state index in [1.807, 2.05) is 6.92 Å². The van der Waals surface area contributed by atoms with Crippen LogP contribution < -0.4 is 0 Å². The molecule has 1 N–H and O–H groups in total. The van der Waals surface area contributed by atoms with Crippen LogP contribution in [0.3, 0.4) is 0 Å². The lowest BCUT2D eigenvalue weighted by atomic mass is 9.90. The average molecular weight is 247 g/mol. The van der Waals surface area contributed by atoms with Crippen molar-refractivity contribution in [3.63, 3.8) is 0 Å². The largest absolute Gasteiger partial charge is 0.481 e. The van der Waals surface area contributed by atoms with Crippen molar-refractivity contribution in [2.24, 2.45) is 5.41 Å². The molecule has 2 rings (SSSR count). The van der Waals surface area contributed by atoms with Crippen molar-refractivity contribution in [2.45, 2.75) is 33.7 Å². The number of carbonyl (C=O) groups is 1. The first kappa shape index (κ1) is 13.1. The highest BCUT2D eigenvalue weighted by Crippen LogP contribution is 2.31. The second-order valence-electron chi connectivity index (χ2n) is 5.76. The van der Waals surface area contributed by atoms with Crippen LogP contribution in [-0.4, -0.2) is 29.1 Å². The fraction of sp³-hybridized carbons (Fsp3) is 0.533. The Bertz CT molecular complexity index is 470. The number of carboxylic acid groups (broad SMARTS) is 1. The summed E-state index contributed by atoms with van der Waals surface area (Å²) in [5, 5.41) is 9.23. The second kappa shape index (κ2) is 4.73. The van der Waals surface area contributed by atoms with Crippen molar-refractivity contribution >= 4 is 5.97 Å². The van der Waals surface area contributed by atoms with Crippen LogP contribution in [-0.2, 0) is 11.3 Å². The van der Waals surface area contributed by atoms with Gasteiger partial charge in [0.15, 0.2) is 0 Å². The number of aliphatic carboxylic acids is 1. The van der Waals surface area contributed by atoms with Gasteiger partial charge >= 0.3 is 5.97 Å². The van der Waals surface area contributed by atoms with Gasteiger partial charge in [-0.2, -0.15) is 0 Å². The zero-order valence-corrected chi connectivity index (χ0v) is 11.4. The topological polar surface area (TPSA) is 40.5 Å². The van der Waals surface area contributed by atoms with Crippen molar-refractivity contribution in [2.75, 3.05) is 13.1 Å². The number of aryl methyl sites for hydroxylation is 2. The standard InChI is InChI=1S/C15H21NO2/c1-11-4-5-12(2)13(8-11)9-16-7-6-15(3,10-16)14(17)18/h4-5,8H,6-7,9-10H2,1-3H3,(H,17,18). The third-order valence-corrected chi connectivity index (χ3v) is 3.97. The molecular weight excluding hydrogens is 226 g/mol. The Labute approximate surface area is 108 Å². The summed E-state index contributed by atoms with van der Waals surface area (Å²) < 4.78 is 0. The van der Waals surface area contributed by atoms with Crippen LogP contribution in [0.25, 0.3) is 0 Å². The van der Waals surface area contributed by atoms with E-state index < -0.39 is 11.4 Å². The minimum Gasteiger partial charge on any atom is -0.481 e. The van der Waals surface area contributed by atoms with E-state index in [-0.39, 0.29) is 0 Å². The van der Waals surface area contributed by atoms with Gasteiger partial charge in [0.2, 0.25) is 0 Å². The van der Waals surface area contributed by atoms with E-state index in [2.05, 4.69) is 36.9 Å². The minimum atomic E-state index is -0.675. The summed E-state index contributed by atoms with van der Waals surface area (Å²) in [5.74, 6) is -0.675. The molecule has 3 heteroatoms. The molecule has 1 aliphatic rings. The van der Waals surface area contributed by atoms with Gasteiger partial charge in [0.1, 0.15) is 0 Å². The number of likely N-dealkylation sites (tertiary alicyclic amines) is 1. The summed E-state index contributed by atoms with van der Waals surface area (Å²) in [4.78, 5) is 13.5. The molecule has 98 valence electrons. The number of rotatable bonds is 3. The van der Waals surface area contributed by atoms with Crippen molar-refractivity contribution in [3.8, 4) is 0 Å². The normalized spacial score (nSPS) is 24.4. The van der Waals surface area contributed by atoms with Gasteiger partial charge in [-0.05, 0) is 44.9 Å². The highest BCUT2D eigenvalue weighted by molar-refractivity contribution is 5.74. The van der Waals surface area contributed by atoms with E-state index in [0.717, 1.165) is 19.5 Å². The molecule has 0 bridgehead atoms. The molecule has 1 aromatic rings. The maximum Gasteiger partial charge on any atom is 0.310 e. The molecule has 1 atom stereocenters.